The Morgan fingerprint density at radius 3 is 2.25 bits per heavy atom. The van der Waals surface area contributed by atoms with Crippen LogP contribution < -0.4 is 0 Å². The summed E-state index contributed by atoms with van der Waals surface area (Å²) in [5.41, 5.74) is 2.52. The molecule has 1 aromatic heterocycles. The first-order chi connectivity index (χ1) is 9.84. The van der Waals surface area contributed by atoms with Crippen LogP contribution in [0.5, 0.6) is 0 Å². The van der Waals surface area contributed by atoms with Crippen LogP contribution in [-0.4, -0.2) is 15.6 Å². The van der Waals surface area contributed by atoms with E-state index in [2.05, 4.69) is 5.10 Å². The summed E-state index contributed by atoms with van der Waals surface area (Å²) in [6.07, 6.45) is 2.05. The fourth-order valence-corrected chi connectivity index (χ4v) is 2.16. The minimum absolute atomic E-state index is 0.0672. The van der Waals surface area contributed by atoms with Crippen molar-refractivity contribution in [3.63, 3.8) is 0 Å². The van der Waals surface area contributed by atoms with Gasteiger partial charge in [-0.15, -0.1) is 0 Å². The highest BCUT2D eigenvalue weighted by molar-refractivity contribution is 5.96. The highest BCUT2D eigenvalue weighted by atomic mass is 16.1. The zero-order valence-electron chi connectivity index (χ0n) is 10.9. The largest absolute Gasteiger partial charge is 0.292 e. The van der Waals surface area contributed by atoms with Gasteiger partial charge in [0, 0.05) is 6.42 Å². The van der Waals surface area contributed by atoms with E-state index in [4.69, 9.17) is 0 Å². The number of benzene rings is 2. The molecular formula is C17H14N2O. The number of aromatic nitrogens is 2. The lowest BCUT2D eigenvalue weighted by Gasteiger charge is -2.06. The molecule has 0 amide bonds. The Kier molecular flexibility index (Phi) is 3.42. The predicted octanol–water partition coefficient (Wildman–Crippen LogP) is 3.30. The second kappa shape index (κ2) is 5.53. The molecule has 0 fully saturated rings. The molecule has 0 aliphatic heterocycles. The van der Waals surface area contributed by atoms with E-state index >= 15 is 0 Å². The van der Waals surface area contributed by atoms with Crippen LogP contribution in [0.25, 0.3) is 5.69 Å². The molecule has 3 rings (SSSR count). The van der Waals surface area contributed by atoms with Crippen molar-refractivity contribution >= 4 is 5.78 Å². The van der Waals surface area contributed by atoms with Crippen molar-refractivity contribution in [2.24, 2.45) is 0 Å². The predicted molar refractivity (Wildman–Crippen MR) is 78.0 cm³/mol. The van der Waals surface area contributed by atoms with E-state index in [1.54, 1.807) is 16.9 Å². The molecule has 0 N–H and O–H groups in total. The third-order valence-corrected chi connectivity index (χ3v) is 3.14. The number of ketones is 1. The van der Waals surface area contributed by atoms with Gasteiger partial charge in [-0.1, -0.05) is 48.5 Å². The fraction of sp³-hybridized carbons (Fsp3) is 0.0588. The fourth-order valence-electron chi connectivity index (χ4n) is 2.16. The van der Waals surface area contributed by atoms with Crippen molar-refractivity contribution in [3.8, 4) is 5.69 Å². The van der Waals surface area contributed by atoms with E-state index in [1.165, 1.54) is 0 Å². The molecule has 0 aliphatic carbocycles. The Hall–Kier alpha value is -2.68. The van der Waals surface area contributed by atoms with Gasteiger partial charge in [-0.2, -0.15) is 5.10 Å². The van der Waals surface area contributed by atoms with Gasteiger partial charge in [0.1, 0.15) is 5.69 Å². The maximum Gasteiger partial charge on any atom is 0.185 e. The first-order valence-electron chi connectivity index (χ1n) is 6.51. The van der Waals surface area contributed by atoms with Crippen LogP contribution in [0, 0.1) is 0 Å². The molecule has 0 radical (unpaired) electrons. The normalized spacial score (nSPS) is 10.4. The monoisotopic (exact) mass is 262 g/mol. The third-order valence-electron chi connectivity index (χ3n) is 3.14. The van der Waals surface area contributed by atoms with Gasteiger partial charge in [0.25, 0.3) is 0 Å². The summed E-state index contributed by atoms with van der Waals surface area (Å²) in [5.74, 6) is 0.0672. The van der Waals surface area contributed by atoms with Gasteiger partial charge in [-0.05, 0) is 23.8 Å². The maximum atomic E-state index is 12.4. The minimum Gasteiger partial charge on any atom is -0.292 e. The van der Waals surface area contributed by atoms with Crippen LogP contribution in [0.15, 0.2) is 72.9 Å². The molecule has 3 nitrogen and oxygen atoms in total. The standard InChI is InChI=1S/C17H14N2O/c20-17(13-14-7-3-1-4-8-14)16-11-12-18-19(16)15-9-5-2-6-10-15/h1-12H,13H2. The number of carbonyl (C=O) groups excluding carboxylic acids is 1. The number of rotatable bonds is 4. The summed E-state index contributed by atoms with van der Waals surface area (Å²) < 4.78 is 1.69. The molecule has 1 heterocycles. The second-order valence-corrected chi connectivity index (χ2v) is 4.55. The highest BCUT2D eigenvalue weighted by Gasteiger charge is 2.13. The molecule has 98 valence electrons. The molecule has 0 atom stereocenters. The van der Waals surface area contributed by atoms with Gasteiger partial charge in [0.15, 0.2) is 5.78 Å². The molecule has 0 aliphatic rings. The molecule has 0 spiro atoms. The molecule has 0 saturated carbocycles. The van der Waals surface area contributed by atoms with Crippen molar-refractivity contribution in [1.82, 2.24) is 9.78 Å². The number of carbonyl (C=O) groups is 1. The molecule has 3 heteroatoms. The highest BCUT2D eigenvalue weighted by Crippen LogP contribution is 2.12. The zero-order chi connectivity index (χ0) is 13.8. The van der Waals surface area contributed by atoms with Crippen LogP contribution >= 0.6 is 0 Å². The van der Waals surface area contributed by atoms with Crippen molar-refractivity contribution in [3.05, 3.63) is 84.2 Å². The Labute approximate surface area is 117 Å². The summed E-state index contributed by atoms with van der Waals surface area (Å²) in [5, 5.41) is 4.24. The summed E-state index contributed by atoms with van der Waals surface area (Å²) >= 11 is 0. The van der Waals surface area contributed by atoms with Crippen LogP contribution in [0.3, 0.4) is 0 Å². The van der Waals surface area contributed by atoms with Crippen LogP contribution in [0.1, 0.15) is 16.1 Å². The lowest BCUT2D eigenvalue weighted by Crippen LogP contribution is -2.11. The lowest BCUT2D eigenvalue weighted by molar-refractivity contribution is 0.0985. The number of hydrogen-bond donors (Lipinski definition) is 0. The van der Waals surface area contributed by atoms with Crippen molar-refractivity contribution in [2.75, 3.05) is 0 Å². The summed E-state index contributed by atoms with van der Waals surface area (Å²) in [6, 6.07) is 21.2. The molecule has 3 aromatic rings. The SMILES string of the molecule is O=C(Cc1ccccc1)c1ccnn1-c1ccccc1. The minimum atomic E-state index is 0.0672. The van der Waals surface area contributed by atoms with Crippen molar-refractivity contribution in [1.29, 1.82) is 0 Å². The maximum absolute atomic E-state index is 12.4. The molecule has 0 unspecified atom stereocenters. The Morgan fingerprint density at radius 2 is 1.55 bits per heavy atom. The second-order valence-electron chi connectivity index (χ2n) is 4.55. The number of hydrogen-bond acceptors (Lipinski definition) is 2. The smallest absolute Gasteiger partial charge is 0.185 e. The van der Waals surface area contributed by atoms with E-state index in [0.717, 1.165) is 11.3 Å². The summed E-state index contributed by atoms with van der Waals surface area (Å²) in [6.45, 7) is 0. The van der Waals surface area contributed by atoms with Crippen molar-refractivity contribution < 1.29 is 4.79 Å². The third kappa shape index (κ3) is 2.52. The number of para-hydroxylation sites is 1. The first kappa shape index (κ1) is 12.4. The van der Waals surface area contributed by atoms with Crippen LogP contribution in [0.2, 0.25) is 0 Å². The van der Waals surface area contributed by atoms with Crippen LogP contribution in [-0.2, 0) is 6.42 Å². The Bertz CT molecular complexity index is 702. The first-order valence-corrected chi connectivity index (χ1v) is 6.51. The molecule has 0 saturated heterocycles. The van der Waals surface area contributed by atoms with Crippen molar-refractivity contribution in [2.45, 2.75) is 6.42 Å². The molecule has 20 heavy (non-hydrogen) atoms. The average Bonchev–Trinajstić information content (AvgIpc) is 2.99. The average molecular weight is 262 g/mol. The summed E-state index contributed by atoms with van der Waals surface area (Å²) in [7, 11) is 0. The Balaban J connectivity index is 1.88. The summed E-state index contributed by atoms with van der Waals surface area (Å²) in [4.78, 5) is 12.4. The lowest BCUT2D eigenvalue weighted by atomic mass is 10.1. The van der Waals surface area contributed by atoms with Gasteiger partial charge >= 0.3 is 0 Å². The van der Waals surface area contributed by atoms with E-state index in [-0.39, 0.29) is 5.78 Å². The van der Waals surface area contributed by atoms with E-state index in [0.29, 0.717) is 12.1 Å². The van der Waals surface area contributed by atoms with Gasteiger partial charge < -0.3 is 0 Å². The number of nitrogens with zero attached hydrogens (tertiary/aromatic N) is 2. The van der Waals surface area contributed by atoms with Gasteiger partial charge in [-0.25, -0.2) is 4.68 Å². The number of Topliss-reactive ketones (excluding diaryl/α,β-unsaturated/α-hetero) is 1. The van der Waals surface area contributed by atoms with E-state index in [1.807, 2.05) is 60.7 Å². The molecule has 2 aromatic carbocycles. The van der Waals surface area contributed by atoms with E-state index < -0.39 is 0 Å². The Morgan fingerprint density at radius 1 is 0.900 bits per heavy atom. The topological polar surface area (TPSA) is 34.9 Å². The van der Waals surface area contributed by atoms with Gasteiger partial charge in [0.2, 0.25) is 0 Å². The quantitative estimate of drug-likeness (QED) is 0.676. The van der Waals surface area contributed by atoms with Gasteiger partial charge in [0.05, 0.1) is 11.9 Å². The van der Waals surface area contributed by atoms with Gasteiger partial charge in [-0.3, -0.25) is 4.79 Å². The molecule has 0 bridgehead atoms. The zero-order valence-corrected chi connectivity index (χ0v) is 10.9. The van der Waals surface area contributed by atoms with Crippen LogP contribution in [0.4, 0.5) is 0 Å². The molecular weight excluding hydrogens is 248 g/mol. The van der Waals surface area contributed by atoms with E-state index in [9.17, 15) is 4.79 Å².